The van der Waals surface area contributed by atoms with E-state index in [9.17, 15) is 0 Å². The van der Waals surface area contributed by atoms with Crippen LogP contribution in [0.1, 0.15) is 52.9 Å². The van der Waals surface area contributed by atoms with Crippen molar-refractivity contribution in [3.63, 3.8) is 0 Å². The standard InChI is InChI=1S/C16H32N2O/c1-4-8-17-15-7-6-13(2)11-16(15)18-9-5-10-19-14(3)12-18/h13-17H,4-12H2,1-3H3. The highest BCUT2D eigenvalue weighted by Gasteiger charge is 2.33. The van der Waals surface area contributed by atoms with Gasteiger partial charge in [-0.25, -0.2) is 0 Å². The quantitative estimate of drug-likeness (QED) is 0.848. The van der Waals surface area contributed by atoms with Gasteiger partial charge in [0, 0.05) is 31.8 Å². The van der Waals surface area contributed by atoms with Gasteiger partial charge in [-0.15, -0.1) is 0 Å². The summed E-state index contributed by atoms with van der Waals surface area (Å²) >= 11 is 0. The van der Waals surface area contributed by atoms with Gasteiger partial charge in [0.05, 0.1) is 6.10 Å². The summed E-state index contributed by atoms with van der Waals surface area (Å²) in [5.41, 5.74) is 0. The lowest BCUT2D eigenvalue weighted by Gasteiger charge is -2.42. The number of hydrogen-bond acceptors (Lipinski definition) is 3. The Balaban J connectivity index is 1.98. The zero-order valence-electron chi connectivity index (χ0n) is 13.0. The zero-order chi connectivity index (χ0) is 13.7. The van der Waals surface area contributed by atoms with Gasteiger partial charge >= 0.3 is 0 Å². The molecule has 4 unspecified atom stereocenters. The number of nitrogens with one attached hydrogen (secondary N) is 1. The molecule has 0 amide bonds. The van der Waals surface area contributed by atoms with Gasteiger partial charge in [0.15, 0.2) is 0 Å². The fraction of sp³-hybridized carbons (Fsp3) is 1.00. The zero-order valence-corrected chi connectivity index (χ0v) is 13.0. The van der Waals surface area contributed by atoms with E-state index in [-0.39, 0.29) is 0 Å². The van der Waals surface area contributed by atoms with Gasteiger partial charge in [-0.1, -0.05) is 13.8 Å². The van der Waals surface area contributed by atoms with Crippen molar-refractivity contribution in [1.29, 1.82) is 0 Å². The minimum atomic E-state index is 0.395. The summed E-state index contributed by atoms with van der Waals surface area (Å²) < 4.78 is 5.81. The summed E-state index contributed by atoms with van der Waals surface area (Å²) in [6.07, 6.45) is 6.91. The van der Waals surface area contributed by atoms with Crippen molar-refractivity contribution in [3.05, 3.63) is 0 Å². The van der Waals surface area contributed by atoms with Gasteiger partial charge in [0.25, 0.3) is 0 Å². The molecule has 2 rings (SSSR count). The van der Waals surface area contributed by atoms with E-state index in [4.69, 9.17) is 4.74 Å². The van der Waals surface area contributed by atoms with Gasteiger partial charge in [-0.2, -0.15) is 0 Å². The molecule has 0 bridgehead atoms. The van der Waals surface area contributed by atoms with E-state index < -0.39 is 0 Å². The third-order valence-electron chi connectivity index (χ3n) is 4.69. The molecule has 2 fully saturated rings. The molecular formula is C16H32N2O. The second-order valence-corrected chi connectivity index (χ2v) is 6.58. The van der Waals surface area contributed by atoms with Crippen LogP contribution in [-0.4, -0.2) is 49.3 Å². The average Bonchev–Trinajstić information content (AvgIpc) is 2.62. The van der Waals surface area contributed by atoms with Crippen molar-refractivity contribution in [1.82, 2.24) is 10.2 Å². The Morgan fingerprint density at radius 1 is 1.26 bits per heavy atom. The molecule has 1 aliphatic heterocycles. The molecule has 1 heterocycles. The molecule has 0 spiro atoms. The maximum absolute atomic E-state index is 5.81. The second kappa shape index (κ2) is 7.61. The second-order valence-electron chi connectivity index (χ2n) is 6.58. The van der Waals surface area contributed by atoms with E-state index in [0.29, 0.717) is 12.1 Å². The minimum Gasteiger partial charge on any atom is -0.377 e. The lowest BCUT2D eigenvalue weighted by molar-refractivity contribution is 0.0452. The van der Waals surface area contributed by atoms with Gasteiger partial charge < -0.3 is 10.1 Å². The monoisotopic (exact) mass is 268 g/mol. The predicted octanol–water partition coefficient (Wildman–Crippen LogP) is 2.65. The van der Waals surface area contributed by atoms with Crippen LogP contribution in [0.2, 0.25) is 0 Å². The van der Waals surface area contributed by atoms with E-state index in [0.717, 1.165) is 31.7 Å². The molecule has 0 aromatic heterocycles. The van der Waals surface area contributed by atoms with Gasteiger partial charge in [-0.05, 0) is 51.5 Å². The van der Waals surface area contributed by atoms with Crippen LogP contribution >= 0.6 is 0 Å². The van der Waals surface area contributed by atoms with Crippen LogP contribution in [0, 0.1) is 5.92 Å². The molecule has 19 heavy (non-hydrogen) atoms. The van der Waals surface area contributed by atoms with E-state index in [1.165, 1.54) is 38.6 Å². The molecule has 0 aromatic rings. The first-order valence-electron chi connectivity index (χ1n) is 8.29. The maximum atomic E-state index is 5.81. The normalized spacial score (nSPS) is 38.1. The van der Waals surface area contributed by atoms with Crippen LogP contribution in [0.4, 0.5) is 0 Å². The van der Waals surface area contributed by atoms with Crippen LogP contribution in [0.25, 0.3) is 0 Å². The van der Waals surface area contributed by atoms with Crippen molar-refractivity contribution in [3.8, 4) is 0 Å². The van der Waals surface area contributed by atoms with Crippen molar-refractivity contribution < 1.29 is 4.74 Å². The molecule has 0 radical (unpaired) electrons. The number of hydrogen-bond donors (Lipinski definition) is 1. The summed E-state index contributed by atoms with van der Waals surface area (Å²) in [5, 5.41) is 3.79. The lowest BCUT2D eigenvalue weighted by atomic mass is 9.82. The Kier molecular flexibility index (Phi) is 6.11. The summed E-state index contributed by atoms with van der Waals surface area (Å²) in [7, 11) is 0. The molecule has 1 saturated carbocycles. The third-order valence-corrected chi connectivity index (χ3v) is 4.69. The molecule has 1 saturated heterocycles. The summed E-state index contributed by atoms with van der Waals surface area (Å²) in [6, 6.07) is 1.42. The minimum absolute atomic E-state index is 0.395. The van der Waals surface area contributed by atoms with Crippen molar-refractivity contribution >= 4 is 0 Å². The highest BCUT2D eigenvalue weighted by Crippen LogP contribution is 2.29. The predicted molar refractivity (Wildman–Crippen MR) is 80.5 cm³/mol. The Morgan fingerprint density at radius 2 is 2.11 bits per heavy atom. The Morgan fingerprint density at radius 3 is 2.89 bits per heavy atom. The molecule has 3 heteroatoms. The highest BCUT2D eigenvalue weighted by molar-refractivity contribution is 4.91. The summed E-state index contributed by atoms with van der Waals surface area (Å²) in [6.45, 7) is 11.3. The first-order chi connectivity index (χ1) is 9.20. The van der Waals surface area contributed by atoms with Gasteiger partial charge in [-0.3, -0.25) is 4.90 Å². The van der Waals surface area contributed by atoms with Crippen LogP contribution in [0.15, 0.2) is 0 Å². The van der Waals surface area contributed by atoms with E-state index in [2.05, 4.69) is 31.0 Å². The smallest absolute Gasteiger partial charge is 0.0674 e. The molecule has 4 atom stereocenters. The van der Waals surface area contributed by atoms with Gasteiger partial charge in [0.1, 0.15) is 0 Å². The fourth-order valence-electron chi connectivity index (χ4n) is 3.65. The van der Waals surface area contributed by atoms with Crippen molar-refractivity contribution in [2.75, 3.05) is 26.2 Å². The van der Waals surface area contributed by atoms with Crippen LogP contribution < -0.4 is 5.32 Å². The molecule has 1 N–H and O–H groups in total. The molecule has 112 valence electrons. The number of nitrogens with zero attached hydrogens (tertiary/aromatic N) is 1. The maximum Gasteiger partial charge on any atom is 0.0674 e. The van der Waals surface area contributed by atoms with Crippen molar-refractivity contribution in [2.24, 2.45) is 5.92 Å². The van der Waals surface area contributed by atoms with Crippen molar-refractivity contribution in [2.45, 2.75) is 71.1 Å². The Labute approximate surface area is 119 Å². The number of ether oxygens (including phenoxy) is 1. The van der Waals surface area contributed by atoms with Crippen LogP contribution in [0.5, 0.6) is 0 Å². The first kappa shape index (κ1) is 15.3. The first-order valence-corrected chi connectivity index (χ1v) is 8.29. The summed E-state index contributed by atoms with van der Waals surface area (Å²) in [5.74, 6) is 0.879. The Bertz CT molecular complexity index is 257. The molecule has 1 aliphatic carbocycles. The molecule has 0 aromatic carbocycles. The topological polar surface area (TPSA) is 24.5 Å². The summed E-state index contributed by atoms with van der Waals surface area (Å²) in [4.78, 5) is 2.71. The third kappa shape index (κ3) is 4.44. The van der Waals surface area contributed by atoms with E-state index in [1.807, 2.05) is 0 Å². The van der Waals surface area contributed by atoms with Crippen LogP contribution in [-0.2, 0) is 4.74 Å². The van der Waals surface area contributed by atoms with Gasteiger partial charge in [0.2, 0.25) is 0 Å². The largest absolute Gasteiger partial charge is 0.377 e. The average molecular weight is 268 g/mol. The molecular weight excluding hydrogens is 236 g/mol. The molecule has 2 aliphatic rings. The van der Waals surface area contributed by atoms with Crippen LogP contribution in [0.3, 0.4) is 0 Å². The van der Waals surface area contributed by atoms with E-state index in [1.54, 1.807) is 0 Å². The Hall–Kier alpha value is -0.120. The fourth-order valence-corrected chi connectivity index (χ4v) is 3.65. The number of rotatable bonds is 4. The highest BCUT2D eigenvalue weighted by atomic mass is 16.5. The molecule has 3 nitrogen and oxygen atoms in total. The van der Waals surface area contributed by atoms with E-state index >= 15 is 0 Å². The SMILES string of the molecule is CCCNC1CCC(C)CC1N1CCCOC(C)C1. The lowest BCUT2D eigenvalue weighted by Crippen LogP contribution is -2.54.